The van der Waals surface area contributed by atoms with Gasteiger partial charge in [0.25, 0.3) is 0 Å². The van der Waals surface area contributed by atoms with Crippen LogP contribution in [0.2, 0.25) is 0 Å². The van der Waals surface area contributed by atoms with Crippen molar-refractivity contribution >= 4 is 10.0 Å². The monoisotopic (exact) mass is 229 g/mol. The van der Waals surface area contributed by atoms with E-state index in [-0.39, 0.29) is 0 Å². The van der Waals surface area contributed by atoms with Gasteiger partial charge in [-0.3, -0.25) is 0 Å². The second kappa shape index (κ2) is 4.74. The molecule has 15 heavy (non-hydrogen) atoms. The van der Waals surface area contributed by atoms with Gasteiger partial charge >= 0.3 is 0 Å². The third-order valence-corrected chi connectivity index (χ3v) is 2.87. The molecule has 1 unspecified atom stereocenters. The molecule has 0 radical (unpaired) electrons. The zero-order valence-corrected chi connectivity index (χ0v) is 9.37. The highest BCUT2D eigenvalue weighted by atomic mass is 32.2. The van der Waals surface area contributed by atoms with E-state index in [0.29, 0.717) is 6.42 Å². The predicted octanol–water partition coefficient (Wildman–Crippen LogP) is 0.187. The van der Waals surface area contributed by atoms with Gasteiger partial charge in [-0.1, -0.05) is 29.8 Å². The van der Waals surface area contributed by atoms with Crippen molar-refractivity contribution in [2.45, 2.75) is 19.4 Å². The van der Waals surface area contributed by atoms with Crippen LogP contribution in [0.5, 0.6) is 0 Å². The molecule has 1 aromatic rings. The number of aryl methyl sites for hydroxylation is 1. The van der Waals surface area contributed by atoms with Gasteiger partial charge in [0.15, 0.2) is 0 Å². The Morgan fingerprint density at radius 2 is 1.87 bits per heavy atom. The Bertz CT molecular complexity index is 411. The average Bonchev–Trinajstić information content (AvgIpc) is 2.05. The first kappa shape index (κ1) is 12.2. The summed E-state index contributed by atoms with van der Waals surface area (Å²) >= 11 is 0. The lowest BCUT2D eigenvalue weighted by Crippen LogP contribution is -2.28. The van der Waals surface area contributed by atoms with Crippen LogP contribution in [0.1, 0.15) is 11.1 Å². The summed E-state index contributed by atoms with van der Waals surface area (Å²) in [5.74, 6) is -0.402. The fourth-order valence-corrected chi connectivity index (χ4v) is 1.98. The molecule has 0 aliphatic rings. The topological polar surface area (TPSA) is 80.4 Å². The van der Waals surface area contributed by atoms with Crippen LogP contribution in [0.15, 0.2) is 24.3 Å². The maximum absolute atomic E-state index is 10.7. The van der Waals surface area contributed by atoms with Crippen LogP contribution in [-0.4, -0.2) is 25.4 Å². The molecule has 0 saturated carbocycles. The summed E-state index contributed by atoms with van der Waals surface area (Å²) in [7, 11) is -3.60. The number of aliphatic hydroxyl groups excluding tert-OH is 1. The van der Waals surface area contributed by atoms with Gasteiger partial charge in [-0.2, -0.15) is 0 Å². The molecule has 0 fully saturated rings. The van der Waals surface area contributed by atoms with Crippen molar-refractivity contribution in [1.82, 2.24) is 0 Å². The summed E-state index contributed by atoms with van der Waals surface area (Å²) in [5, 5.41) is 14.3. The SMILES string of the molecule is Cc1ccc(CC(O)CS(N)(=O)=O)cc1. The van der Waals surface area contributed by atoms with Crippen molar-refractivity contribution in [3.63, 3.8) is 0 Å². The molecule has 0 heterocycles. The molecule has 0 aliphatic heterocycles. The molecule has 3 N–H and O–H groups in total. The standard InChI is InChI=1S/C10H15NO3S/c1-8-2-4-9(5-3-8)6-10(12)7-15(11,13)14/h2-5,10,12H,6-7H2,1H3,(H2,11,13,14). The van der Waals surface area contributed by atoms with Gasteiger partial charge in [0.05, 0.1) is 11.9 Å². The highest BCUT2D eigenvalue weighted by Crippen LogP contribution is 2.06. The first-order valence-corrected chi connectivity index (χ1v) is 6.32. The third kappa shape index (κ3) is 4.92. The summed E-state index contributed by atoms with van der Waals surface area (Å²) < 4.78 is 21.4. The van der Waals surface area contributed by atoms with E-state index in [2.05, 4.69) is 0 Å². The van der Waals surface area contributed by atoms with Crippen molar-refractivity contribution in [2.75, 3.05) is 5.75 Å². The van der Waals surface area contributed by atoms with Gasteiger partial charge in [0.1, 0.15) is 0 Å². The number of aliphatic hydroxyl groups is 1. The fraction of sp³-hybridized carbons (Fsp3) is 0.400. The molecule has 0 bridgehead atoms. The van der Waals surface area contributed by atoms with Crippen LogP contribution >= 0.6 is 0 Å². The van der Waals surface area contributed by atoms with Gasteiger partial charge in [-0.05, 0) is 18.9 Å². The number of primary sulfonamides is 1. The van der Waals surface area contributed by atoms with E-state index < -0.39 is 21.9 Å². The van der Waals surface area contributed by atoms with Crippen molar-refractivity contribution in [1.29, 1.82) is 0 Å². The van der Waals surface area contributed by atoms with Crippen LogP contribution < -0.4 is 5.14 Å². The molecular weight excluding hydrogens is 214 g/mol. The van der Waals surface area contributed by atoms with Gasteiger partial charge in [0, 0.05) is 0 Å². The minimum atomic E-state index is -3.60. The Labute approximate surface area is 89.8 Å². The van der Waals surface area contributed by atoms with E-state index in [1.807, 2.05) is 31.2 Å². The molecule has 0 aliphatic carbocycles. The van der Waals surface area contributed by atoms with Gasteiger partial charge in [-0.25, -0.2) is 13.6 Å². The molecule has 4 nitrogen and oxygen atoms in total. The first-order valence-electron chi connectivity index (χ1n) is 4.61. The highest BCUT2D eigenvalue weighted by molar-refractivity contribution is 7.89. The largest absolute Gasteiger partial charge is 0.392 e. The number of hydrogen-bond acceptors (Lipinski definition) is 3. The average molecular weight is 229 g/mol. The Morgan fingerprint density at radius 3 is 2.33 bits per heavy atom. The second-order valence-corrected chi connectivity index (χ2v) is 5.33. The molecule has 0 spiro atoms. The highest BCUT2D eigenvalue weighted by Gasteiger charge is 2.12. The Kier molecular flexibility index (Phi) is 3.84. The number of nitrogens with two attached hydrogens (primary N) is 1. The predicted molar refractivity (Wildman–Crippen MR) is 58.9 cm³/mol. The Hall–Kier alpha value is -0.910. The van der Waals surface area contributed by atoms with E-state index in [0.717, 1.165) is 11.1 Å². The lowest BCUT2D eigenvalue weighted by atomic mass is 10.1. The zero-order chi connectivity index (χ0) is 11.5. The molecular formula is C10H15NO3S. The Morgan fingerprint density at radius 1 is 1.33 bits per heavy atom. The van der Waals surface area contributed by atoms with Gasteiger partial charge in [-0.15, -0.1) is 0 Å². The van der Waals surface area contributed by atoms with Crippen molar-refractivity contribution < 1.29 is 13.5 Å². The number of sulfonamides is 1. The fourth-order valence-electron chi connectivity index (χ4n) is 1.32. The van der Waals surface area contributed by atoms with Crippen LogP contribution in [0.25, 0.3) is 0 Å². The van der Waals surface area contributed by atoms with Crippen molar-refractivity contribution in [3.8, 4) is 0 Å². The van der Waals surface area contributed by atoms with E-state index in [1.54, 1.807) is 0 Å². The van der Waals surface area contributed by atoms with E-state index in [1.165, 1.54) is 0 Å². The van der Waals surface area contributed by atoms with Crippen LogP contribution in [0, 0.1) is 6.92 Å². The zero-order valence-electron chi connectivity index (χ0n) is 8.55. The molecule has 0 saturated heterocycles. The van der Waals surface area contributed by atoms with Crippen molar-refractivity contribution in [3.05, 3.63) is 35.4 Å². The summed E-state index contributed by atoms with van der Waals surface area (Å²) in [5.41, 5.74) is 2.02. The van der Waals surface area contributed by atoms with Crippen LogP contribution in [0.4, 0.5) is 0 Å². The summed E-state index contributed by atoms with van der Waals surface area (Å²) in [4.78, 5) is 0. The Balaban J connectivity index is 2.59. The quantitative estimate of drug-likeness (QED) is 0.773. The van der Waals surface area contributed by atoms with E-state index >= 15 is 0 Å². The lowest BCUT2D eigenvalue weighted by molar-refractivity contribution is 0.198. The second-order valence-electron chi connectivity index (χ2n) is 3.67. The normalized spacial score (nSPS) is 13.8. The molecule has 84 valence electrons. The molecule has 1 atom stereocenters. The first-order chi connectivity index (χ1) is 6.87. The minimum absolute atomic E-state index is 0.302. The van der Waals surface area contributed by atoms with Crippen LogP contribution in [-0.2, 0) is 16.4 Å². The molecule has 5 heteroatoms. The summed E-state index contributed by atoms with van der Waals surface area (Å²) in [6.45, 7) is 1.96. The van der Waals surface area contributed by atoms with E-state index in [9.17, 15) is 13.5 Å². The number of rotatable bonds is 4. The minimum Gasteiger partial charge on any atom is -0.392 e. The third-order valence-electron chi connectivity index (χ3n) is 2.02. The van der Waals surface area contributed by atoms with E-state index in [4.69, 9.17) is 5.14 Å². The molecule has 1 aromatic carbocycles. The van der Waals surface area contributed by atoms with Gasteiger partial charge < -0.3 is 5.11 Å². The smallest absolute Gasteiger partial charge is 0.211 e. The maximum Gasteiger partial charge on any atom is 0.211 e. The summed E-state index contributed by atoms with van der Waals surface area (Å²) in [6, 6.07) is 7.56. The van der Waals surface area contributed by atoms with Crippen molar-refractivity contribution in [2.24, 2.45) is 5.14 Å². The molecule has 1 rings (SSSR count). The molecule has 0 aromatic heterocycles. The molecule has 0 amide bonds. The number of hydrogen-bond donors (Lipinski definition) is 2. The number of benzene rings is 1. The van der Waals surface area contributed by atoms with Crippen LogP contribution in [0.3, 0.4) is 0 Å². The lowest BCUT2D eigenvalue weighted by Gasteiger charge is -2.09. The summed E-state index contributed by atoms with van der Waals surface area (Å²) in [6.07, 6.45) is -0.640. The maximum atomic E-state index is 10.7. The van der Waals surface area contributed by atoms with Gasteiger partial charge in [0.2, 0.25) is 10.0 Å².